The minimum atomic E-state index is -1.01. The Balaban J connectivity index is 4.00. The summed E-state index contributed by atoms with van der Waals surface area (Å²) in [6, 6.07) is 0. The van der Waals surface area contributed by atoms with Crippen molar-refractivity contribution in [1.29, 1.82) is 0 Å². The van der Waals surface area contributed by atoms with Crippen LogP contribution in [0, 0.1) is 5.92 Å². The van der Waals surface area contributed by atoms with E-state index in [-0.39, 0.29) is 18.4 Å². The maximum absolute atomic E-state index is 11.1. The van der Waals surface area contributed by atoms with Gasteiger partial charge in [0.1, 0.15) is 6.10 Å². The Morgan fingerprint density at radius 2 is 2.08 bits per heavy atom. The topological polar surface area (TPSA) is 60.8 Å². The summed E-state index contributed by atoms with van der Waals surface area (Å²) < 4.78 is 1.29. The Kier molecular flexibility index (Phi) is 6.77. The van der Waals surface area contributed by atoms with Gasteiger partial charge in [-0.15, -0.1) is 0 Å². The second-order valence-corrected chi connectivity index (χ2v) is 6.28. The SMILES string of the molecule is CC(CCO)C(O)C(=O)N(I)I. The zero-order chi connectivity index (χ0) is 9.72. The molecule has 0 saturated heterocycles. The zero-order valence-corrected chi connectivity index (χ0v) is 10.9. The smallest absolute Gasteiger partial charge is 0.269 e. The number of carbonyl (C=O) groups is 1. The summed E-state index contributed by atoms with van der Waals surface area (Å²) in [6.45, 7) is 1.73. The zero-order valence-electron chi connectivity index (χ0n) is 6.57. The van der Waals surface area contributed by atoms with Crippen molar-refractivity contribution >= 4 is 51.6 Å². The molecule has 2 N–H and O–H groups in total. The lowest BCUT2D eigenvalue weighted by atomic mass is 10.0. The quantitative estimate of drug-likeness (QED) is 0.546. The van der Waals surface area contributed by atoms with Crippen LogP contribution in [-0.2, 0) is 4.79 Å². The third kappa shape index (κ3) is 4.19. The molecule has 0 bridgehead atoms. The predicted octanol–water partition coefficient (Wildman–Crippen LogP) is 0.894. The maximum atomic E-state index is 11.1. The van der Waals surface area contributed by atoms with E-state index in [1.165, 1.54) is 1.33 Å². The number of aliphatic hydroxyl groups is 2. The Labute approximate surface area is 99.3 Å². The number of amides is 1. The Hall–Kier alpha value is 0.850. The molecule has 0 aliphatic carbocycles. The molecule has 2 atom stereocenters. The lowest BCUT2D eigenvalue weighted by molar-refractivity contribution is -0.132. The van der Waals surface area contributed by atoms with Crippen molar-refractivity contribution in [2.75, 3.05) is 6.61 Å². The molecule has 1 amide bonds. The third-order valence-electron chi connectivity index (χ3n) is 1.54. The molecule has 0 fully saturated rings. The highest BCUT2D eigenvalue weighted by Gasteiger charge is 2.24. The minimum absolute atomic E-state index is 0.00595. The van der Waals surface area contributed by atoms with Crippen LogP contribution < -0.4 is 0 Å². The van der Waals surface area contributed by atoms with E-state index in [0.29, 0.717) is 6.42 Å². The molecular weight excluding hydrogens is 388 g/mol. The minimum Gasteiger partial charge on any atom is -0.396 e. The predicted molar refractivity (Wildman–Crippen MR) is 61.8 cm³/mol. The van der Waals surface area contributed by atoms with Gasteiger partial charge in [-0.1, -0.05) is 6.92 Å². The van der Waals surface area contributed by atoms with E-state index >= 15 is 0 Å². The summed E-state index contributed by atoms with van der Waals surface area (Å²) >= 11 is 3.59. The van der Waals surface area contributed by atoms with Crippen molar-refractivity contribution in [2.45, 2.75) is 19.4 Å². The Morgan fingerprint density at radius 1 is 1.58 bits per heavy atom. The van der Waals surface area contributed by atoms with Gasteiger partial charge in [0, 0.05) is 6.61 Å². The number of halogens is 2. The first-order valence-electron chi connectivity index (χ1n) is 3.45. The van der Waals surface area contributed by atoms with Gasteiger partial charge in [0.15, 0.2) is 0 Å². The molecular formula is C6H11I2NO3. The summed E-state index contributed by atoms with van der Waals surface area (Å²) in [5, 5.41) is 17.9. The van der Waals surface area contributed by atoms with Crippen molar-refractivity contribution < 1.29 is 15.0 Å². The maximum Gasteiger partial charge on any atom is 0.269 e. The van der Waals surface area contributed by atoms with Gasteiger partial charge in [0.2, 0.25) is 0 Å². The summed E-state index contributed by atoms with van der Waals surface area (Å²) in [4.78, 5) is 11.1. The van der Waals surface area contributed by atoms with Crippen LogP contribution in [0.1, 0.15) is 13.3 Å². The molecule has 0 rings (SSSR count). The molecule has 0 aromatic heterocycles. The van der Waals surface area contributed by atoms with Crippen molar-refractivity contribution in [3.05, 3.63) is 0 Å². The molecule has 0 aliphatic rings. The second-order valence-electron chi connectivity index (χ2n) is 2.51. The molecule has 0 radical (unpaired) electrons. The molecule has 0 heterocycles. The van der Waals surface area contributed by atoms with Crippen molar-refractivity contribution in [3.8, 4) is 0 Å². The van der Waals surface area contributed by atoms with Gasteiger partial charge < -0.3 is 10.2 Å². The van der Waals surface area contributed by atoms with Crippen LogP contribution in [0.15, 0.2) is 0 Å². The third-order valence-corrected chi connectivity index (χ3v) is 2.49. The van der Waals surface area contributed by atoms with Crippen LogP contribution >= 0.6 is 45.7 Å². The highest BCUT2D eigenvalue weighted by Crippen LogP contribution is 2.16. The average molecular weight is 399 g/mol. The van der Waals surface area contributed by atoms with Gasteiger partial charge in [-0.2, -0.15) is 0 Å². The highest BCUT2D eigenvalue weighted by molar-refractivity contribution is 14.2. The van der Waals surface area contributed by atoms with Gasteiger partial charge in [-0.25, -0.2) is 1.33 Å². The first-order chi connectivity index (χ1) is 5.50. The van der Waals surface area contributed by atoms with Crippen molar-refractivity contribution in [3.63, 3.8) is 0 Å². The molecule has 0 saturated carbocycles. The first kappa shape index (κ1) is 12.8. The number of nitrogens with zero attached hydrogens (tertiary/aromatic N) is 1. The van der Waals surface area contributed by atoms with E-state index in [4.69, 9.17) is 5.11 Å². The molecule has 72 valence electrons. The fourth-order valence-electron chi connectivity index (χ4n) is 0.705. The number of hydrogen-bond acceptors (Lipinski definition) is 3. The molecule has 0 aromatic carbocycles. The van der Waals surface area contributed by atoms with Crippen LogP contribution in [0.2, 0.25) is 0 Å². The lowest BCUT2D eigenvalue weighted by Gasteiger charge is -2.17. The Bertz CT molecular complexity index is 154. The van der Waals surface area contributed by atoms with Crippen molar-refractivity contribution in [2.24, 2.45) is 5.92 Å². The van der Waals surface area contributed by atoms with Crippen LogP contribution in [0.4, 0.5) is 0 Å². The molecule has 0 spiro atoms. The standard InChI is InChI=1S/C6H11I2NO3/c1-4(2-3-10)5(11)6(12)9(7)8/h4-5,10-11H,2-3H2,1H3. The van der Waals surface area contributed by atoms with Crippen LogP contribution in [0.25, 0.3) is 0 Å². The highest BCUT2D eigenvalue weighted by atomic mass is 127. The van der Waals surface area contributed by atoms with Gasteiger partial charge in [-0.05, 0) is 12.3 Å². The molecule has 12 heavy (non-hydrogen) atoms. The number of aliphatic hydroxyl groups excluding tert-OH is 2. The number of hydrogen-bond donors (Lipinski definition) is 2. The van der Waals surface area contributed by atoms with Crippen LogP contribution in [0.5, 0.6) is 0 Å². The molecule has 6 heteroatoms. The molecule has 0 aromatic rings. The monoisotopic (exact) mass is 399 g/mol. The molecule has 4 nitrogen and oxygen atoms in total. The van der Waals surface area contributed by atoms with Gasteiger partial charge in [0.05, 0.1) is 45.7 Å². The average Bonchev–Trinajstić information content (AvgIpc) is 2.02. The Morgan fingerprint density at radius 3 is 2.42 bits per heavy atom. The van der Waals surface area contributed by atoms with Crippen LogP contribution in [-0.4, -0.2) is 30.2 Å². The summed E-state index contributed by atoms with van der Waals surface area (Å²) in [7, 11) is 0. The number of rotatable bonds is 4. The van der Waals surface area contributed by atoms with E-state index in [0.717, 1.165) is 0 Å². The fraction of sp³-hybridized carbons (Fsp3) is 0.833. The van der Waals surface area contributed by atoms with Gasteiger partial charge in [-0.3, -0.25) is 4.79 Å². The second kappa shape index (κ2) is 6.33. The molecule has 2 unspecified atom stereocenters. The molecule has 0 aliphatic heterocycles. The van der Waals surface area contributed by atoms with E-state index < -0.39 is 6.10 Å². The van der Waals surface area contributed by atoms with E-state index in [9.17, 15) is 9.90 Å². The first-order valence-corrected chi connectivity index (χ1v) is 5.38. The van der Waals surface area contributed by atoms with E-state index in [2.05, 4.69) is 0 Å². The summed E-state index contributed by atoms with van der Waals surface area (Å²) in [5.74, 6) is -0.535. The van der Waals surface area contributed by atoms with E-state index in [1.54, 1.807) is 52.7 Å². The van der Waals surface area contributed by atoms with Crippen LogP contribution in [0.3, 0.4) is 0 Å². The summed E-state index contributed by atoms with van der Waals surface area (Å²) in [6.07, 6.45) is -0.570. The van der Waals surface area contributed by atoms with E-state index in [1.807, 2.05) is 0 Å². The largest absolute Gasteiger partial charge is 0.396 e. The van der Waals surface area contributed by atoms with Gasteiger partial charge >= 0.3 is 0 Å². The van der Waals surface area contributed by atoms with Crippen molar-refractivity contribution in [1.82, 2.24) is 1.33 Å². The summed E-state index contributed by atoms with van der Waals surface area (Å²) in [5.41, 5.74) is 0. The lowest BCUT2D eigenvalue weighted by Crippen LogP contribution is -2.33. The number of carbonyl (C=O) groups excluding carboxylic acids is 1. The fourth-order valence-corrected chi connectivity index (χ4v) is 1.28. The van der Waals surface area contributed by atoms with Gasteiger partial charge in [0.25, 0.3) is 5.91 Å². The normalized spacial score (nSPS) is 15.4.